The Balaban J connectivity index is 2.68. The fourth-order valence-electron chi connectivity index (χ4n) is 0.806. The lowest BCUT2D eigenvalue weighted by atomic mass is 10.4. The maximum absolute atomic E-state index is 10.7. The minimum Gasteiger partial charge on any atom is -0.281 e. The van der Waals surface area contributed by atoms with Crippen LogP contribution in [0.4, 0.5) is 0 Å². The van der Waals surface area contributed by atoms with Gasteiger partial charge in [0.2, 0.25) is 10.9 Å². The molecule has 0 aliphatic carbocycles. The van der Waals surface area contributed by atoms with Crippen LogP contribution in [0.3, 0.4) is 0 Å². The molecule has 1 N–H and O–H groups in total. The Labute approximate surface area is 78.1 Å². The summed E-state index contributed by atoms with van der Waals surface area (Å²) in [6.07, 6.45) is 0. The van der Waals surface area contributed by atoms with Crippen LogP contribution in [0, 0.1) is 0 Å². The molecule has 14 heavy (non-hydrogen) atoms. The molecule has 9 heteroatoms. The van der Waals surface area contributed by atoms with E-state index in [1.165, 1.54) is 6.07 Å². The molecule has 2 rings (SSSR count). The highest BCUT2D eigenvalue weighted by Crippen LogP contribution is 2.10. The summed E-state index contributed by atoms with van der Waals surface area (Å²) in [5.74, 6) is 0.111. The van der Waals surface area contributed by atoms with Crippen LogP contribution in [0.25, 0.3) is 11.5 Å². The first-order chi connectivity index (χ1) is 6.57. The predicted molar refractivity (Wildman–Crippen MR) is 41.9 cm³/mol. The van der Waals surface area contributed by atoms with Crippen LogP contribution in [-0.2, 0) is 10.1 Å². The van der Waals surface area contributed by atoms with E-state index in [1.807, 2.05) is 0 Å². The zero-order valence-corrected chi connectivity index (χ0v) is 7.38. The number of aromatic nitrogens is 5. The summed E-state index contributed by atoms with van der Waals surface area (Å²) in [5, 5.41) is 16.5. The van der Waals surface area contributed by atoms with Gasteiger partial charge in [-0.15, -0.1) is 20.4 Å². The van der Waals surface area contributed by atoms with E-state index in [4.69, 9.17) is 4.55 Å². The predicted octanol–water partition coefficient (Wildman–Crippen LogP) is -0.987. The van der Waals surface area contributed by atoms with Crippen molar-refractivity contribution >= 4 is 10.1 Å². The summed E-state index contributed by atoms with van der Waals surface area (Å²) in [5.41, 5.74) is 0.299. The molecule has 0 bridgehead atoms. The van der Waals surface area contributed by atoms with Gasteiger partial charge >= 0.3 is 10.1 Å². The zero-order valence-electron chi connectivity index (χ0n) is 6.56. The molecule has 0 saturated heterocycles. The molecule has 0 atom stereocenters. The van der Waals surface area contributed by atoms with Crippen molar-refractivity contribution in [3.05, 3.63) is 12.1 Å². The lowest BCUT2D eigenvalue weighted by Gasteiger charge is -1.86. The molecule has 0 saturated carbocycles. The van der Waals surface area contributed by atoms with Crippen LogP contribution in [0.5, 0.6) is 0 Å². The van der Waals surface area contributed by atoms with Gasteiger partial charge in [0.25, 0.3) is 0 Å². The molecule has 0 aromatic rings. The zero-order chi connectivity index (χ0) is 10.2. The standard InChI is InChI=1S/C5H3N5O3S/c11-14(12,13)4-2-1-3-5(8-7-4)9-10-6-3/h1-2H,(H,11,12,13). The van der Waals surface area contributed by atoms with E-state index in [2.05, 4.69) is 25.6 Å². The van der Waals surface area contributed by atoms with Crippen LogP contribution >= 0.6 is 0 Å². The second kappa shape index (κ2) is 2.89. The Morgan fingerprint density at radius 3 is 2.57 bits per heavy atom. The molecule has 8 nitrogen and oxygen atoms in total. The minimum absolute atomic E-state index is 0.111. The maximum atomic E-state index is 10.7. The van der Waals surface area contributed by atoms with Gasteiger partial charge in [-0.3, -0.25) is 4.55 Å². The fourth-order valence-corrected chi connectivity index (χ4v) is 1.19. The molecule has 0 amide bonds. The highest BCUT2D eigenvalue weighted by molar-refractivity contribution is 7.85. The average molecular weight is 213 g/mol. The summed E-state index contributed by atoms with van der Waals surface area (Å²) in [7, 11) is -4.35. The maximum Gasteiger partial charge on any atom is 0.314 e. The van der Waals surface area contributed by atoms with Gasteiger partial charge in [0.15, 0.2) is 0 Å². The molecule has 0 unspecified atom stereocenters. The Hall–Kier alpha value is -1.74. The summed E-state index contributed by atoms with van der Waals surface area (Å²) < 4.78 is 30.0. The van der Waals surface area contributed by atoms with Crippen molar-refractivity contribution in [3.8, 4) is 11.5 Å². The number of hydrogen-bond donors (Lipinski definition) is 1. The third-order valence-electron chi connectivity index (χ3n) is 1.41. The lowest BCUT2D eigenvalue weighted by Crippen LogP contribution is -1.99. The first kappa shape index (κ1) is 8.84. The quantitative estimate of drug-likeness (QED) is 0.600. The molecule has 0 aromatic heterocycles. The summed E-state index contributed by atoms with van der Waals surface area (Å²) in [6, 6.07) is 2.37. The second-order valence-corrected chi connectivity index (χ2v) is 3.71. The van der Waals surface area contributed by atoms with Gasteiger partial charge in [0.05, 0.1) is 0 Å². The second-order valence-electron chi connectivity index (χ2n) is 2.34. The van der Waals surface area contributed by atoms with Crippen molar-refractivity contribution in [2.75, 3.05) is 0 Å². The fraction of sp³-hybridized carbons (Fsp3) is 0. The number of fused-ring (bicyclic) bond motifs is 1. The van der Waals surface area contributed by atoms with Crippen LogP contribution in [0.15, 0.2) is 17.2 Å². The molecule has 0 fully saturated rings. The van der Waals surface area contributed by atoms with E-state index < -0.39 is 15.1 Å². The van der Waals surface area contributed by atoms with Crippen molar-refractivity contribution in [2.45, 2.75) is 5.03 Å². The van der Waals surface area contributed by atoms with Gasteiger partial charge < -0.3 is 0 Å². The highest BCUT2D eigenvalue weighted by Gasteiger charge is 2.13. The van der Waals surface area contributed by atoms with Crippen LogP contribution < -0.4 is 0 Å². The van der Waals surface area contributed by atoms with Gasteiger partial charge in [0, 0.05) is 0 Å². The Morgan fingerprint density at radius 2 is 1.86 bits per heavy atom. The van der Waals surface area contributed by atoms with Crippen LogP contribution in [0.1, 0.15) is 0 Å². The molecular weight excluding hydrogens is 210 g/mol. The van der Waals surface area contributed by atoms with E-state index in [1.54, 1.807) is 0 Å². The van der Waals surface area contributed by atoms with Crippen molar-refractivity contribution < 1.29 is 13.0 Å². The SMILES string of the molecule is O=S(=O)(O)c1ccc2nnnc-2nn1. The normalized spacial score (nSPS) is 11.8. The molecule has 72 valence electrons. The molecule has 0 aromatic carbocycles. The molecule has 0 spiro atoms. The lowest BCUT2D eigenvalue weighted by molar-refractivity contribution is 0.478. The van der Waals surface area contributed by atoms with Crippen LogP contribution in [-0.4, -0.2) is 38.6 Å². The molecular formula is C5H3N5O3S. The molecule has 2 heterocycles. The van der Waals surface area contributed by atoms with Crippen molar-refractivity contribution in [1.29, 1.82) is 0 Å². The van der Waals surface area contributed by atoms with Gasteiger partial charge in [-0.05, 0) is 17.3 Å². The summed E-state index contributed by atoms with van der Waals surface area (Å²) in [6.45, 7) is 0. The third kappa shape index (κ3) is 1.49. The van der Waals surface area contributed by atoms with E-state index in [0.29, 0.717) is 5.69 Å². The van der Waals surface area contributed by atoms with E-state index in [9.17, 15) is 8.42 Å². The monoisotopic (exact) mass is 213 g/mol. The van der Waals surface area contributed by atoms with Gasteiger partial charge in [0.1, 0.15) is 5.69 Å². The number of rotatable bonds is 1. The third-order valence-corrected chi connectivity index (χ3v) is 2.16. The Kier molecular flexibility index (Phi) is 1.82. The van der Waals surface area contributed by atoms with Crippen molar-refractivity contribution in [2.24, 2.45) is 0 Å². The van der Waals surface area contributed by atoms with Gasteiger partial charge in [-0.1, -0.05) is 0 Å². The van der Waals surface area contributed by atoms with E-state index >= 15 is 0 Å². The van der Waals surface area contributed by atoms with Gasteiger partial charge in [-0.25, -0.2) is 0 Å². The van der Waals surface area contributed by atoms with E-state index in [-0.39, 0.29) is 5.82 Å². The Bertz CT molecular complexity index is 510. The number of nitrogens with zero attached hydrogens (tertiary/aromatic N) is 5. The van der Waals surface area contributed by atoms with Gasteiger partial charge in [-0.2, -0.15) is 8.42 Å². The number of hydrogen-bond acceptors (Lipinski definition) is 7. The van der Waals surface area contributed by atoms with E-state index in [0.717, 1.165) is 6.07 Å². The topological polar surface area (TPSA) is 119 Å². The van der Waals surface area contributed by atoms with Crippen molar-refractivity contribution in [3.63, 3.8) is 0 Å². The first-order valence-electron chi connectivity index (χ1n) is 3.38. The molecule has 2 aliphatic heterocycles. The van der Waals surface area contributed by atoms with Crippen LogP contribution in [0.2, 0.25) is 0 Å². The Morgan fingerprint density at radius 1 is 1.07 bits per heavy atom. The highest BCUT2D eigenvalue weighted by atomic mass is 32.2. The molecule has 2 aliphatic rings. The summed E-state index contributed by atoms with van der Waals surface area (Å²) in [4.78, 5) is 0. The largest absolute Gasteiger partial charge is 0.314 e. The minimum atomic E-state index is -4.35. The average Bonchev–Trinajstić information content (AvgIpc) is 2.42. The first-order valence-corrected chi connectivity index (χ1v) is 4.82. The van der Waals surface area contributed by atoms with Crippen molar-refractivity contribution in [1.82, 2.24) is 25.6 Å². The molecule has 0 radical (unpaired) electrons. The summed E-state index contributed by atoms with van der Waals surface area (Å²) >= 11 is 0. The smallest absolute Gasteiger partial charge is 0.281 e.